The predicted octanol–water partition coefficient (Wildman–Crippen LogP) is 2.01. The quantitative estimate of drug-likeness (QED) is 0.703. The Morgan fingerprint density at radius 3 is 2.24 bits per heavy atom. The maximum absolute atomic E-state index is 10.9. The van der Waals surface area contributed by atoms with Gasteiger partial charge in [0.2, 0.25) is 0 Å². The maximum atomic E-state index is 10.9. The standard InChI is InChI=1S/C13H18O4/c1-10-5-4-6-13(7-10,8-16-11(2)14)9-17-12(3)15/h4-5H,1,6-9H2,2-3H3. The molecule has 0 N–H and O–H groups in total. The molecule has 0 aromatic carbocycles. The minimum absolute atomic E-state index is 0.249. The van der Waals surface area contributed by atoms with Gasteiger partial charge in [0.1, 0.15) is 13.2 Å². The number of ether oxygens (including phenoxy) is 2. The van der Waals surface area contributed by atoms with Gasteiger partial charge in [-0.3, -0.25) is 9.59 Å². The summed E-state index contributed by atoms with van der Waals surface area (Å²) >= 11 is 0. The topological polar surface area (TPSA) is 52.6 Å². The Hall–Kier alpha value is -1.58. The molecule has 0 atom stereocenters. The van der Waals surface area contributed by atoms with Crippen molar-refractivity contribution in [3.05, 3.63) is 24.3 Å². The van der Waals surface area contributed by atoms with Gasteiger partial charge >= 0.3 is 11.9 Å². The first-order valence-electron chi connectivity index (χ1n) is 5.55. The fraction of sp³-hybridized carbons (Fsp3) is 0.538. The molecule has 0 spiro atoms. The molecule has 1 aliphatic rings. The monoisotopic (exact) mass is 238 g/mol. The van der Waals surface area contributed by atoms with E-state index in [4.69, 9.17) is 9.47 Å². The van der Waals surface area contributed by atoms with Crippen molar-refractivity contribution in [1.29, 1.82) is 0 Å². The van der Waals surface area contributed by atoms with E-state index in [9.17, 15) is 9.59 Å². The summed E-state index contributed by atoms with van der Waals surface area (Å²) in [6.45, 7) is 7.13. The third-order valence-corrected chi connectivity index (χ3v) is 2.67. The third-order valence-electron chi connectivity index (χ3n) is 2.67. The lowest BCUT2D eigenvalue weighted by Crippen LogP contribution is -2.35. The molecule has 0 aromatic rings. The highest BCUT2D eigenvalue weighted by molar-refractivity contribution is 5.66. The van der Waals surface area contributed by atoms with E-state index in [1.807, 2.05) is 12.2 Å². The van der Waals surface area contributed by atoms with Gasteiger partial charge in [0.05, 0.1) is 0 Å². The zero-order valence-corrected chi connectivity index (χ0v) is 10.3. The van der Waals surface area contributed by atoms with Crippen molar-refractivity contribution in [3.63, 3.8) is 0 Å². The molecule has 0 aromatic heterocycles. The minimum Gasteiger partial charge on any atom is -0.465 e. The number of hydrogen-bond acceptors (Lipinski definition) is 4. The van der Waals surface area contributed by atoms with E-state index in [0.717, 1.165) is 5.57 Å². The first-order valence-corrected chi connectivity index (χ1v) is 5.55. The van der Waals surface area contributed by atoms with Gasteiger partial charge in [-0.05, 0) is 12.8 Å². The van der Waals surface area contributed by atoms with Crippen LogP contribution in [0.25, 0.3) is 0 Å². The van der Waals surface area contributed by atoms with Gasteiger partial charge in [-0.1, -0.05) is 24.3 Å². The Morgan fingerprint density at radius 2 is 1.82 bits per heavy atom. The first kappa shape index (κ1) is 13.5. The van der Waals surface area contributed by atoms with Crippen LogP contribution >= 0.6 is 0 Å². The molecule has 0 heterocycles. The second kappa shape index (κ2) is 5.66. The Labute approximate surface area is 101 Å². The lowest BCUT2D eigenvalue weighted by Gasteiger charge is -2.34. The van der Waals surface area contributed by atoms with Crippen LogP contribution in [0.2, 0.25) is 0 Å². The molecule has 0 unspecified atom stereocenters. The van der Waals surface area contributed by atoms with E-state index in [0.29, 0.717) is 12.8 Å². The van der Waals surface area contributed by atoms with Crippen LogP contribution in [0, 0.1) is 5.41 Å². The van der Waals surface area contributed by atoms with E-state index in [1.165, 1.54) is 13.8 Å². The maximum Gasteiger partial charge on any atom is 0.302 e. The van der Waals surface area contributed by atoms with Gasteiger partial charge in [0.15, 0.2) is 0 Å². The largest absolute Gasteiger partial charge is 0.465 e. The van der Waals surface area contributed by atoms with Crippen molar-refractivity contribution >= 4 is 11.9 Å². The molecule has 0 bridgehead atoms. The zero-order valence-electron chi connectivity index (χ0n) is 10.3. The van der Waals surface area contributed by atoms with Gasteiger partial charge in [0.25, 0.3) is 0 Å². The van der Waals surface area contributed by atoms with Gasteiger partial charge < -0.3 is 9.47 Å². The molecule has 0 saturated heterocycles. The van der Waals surface area contributed by atoms with Crippen molar-refractivity contribution in [2.75, 3.05) is 13.2 Å². The molecule has 4 nitrogen and oxygen atoms in total. The number of carbonyl (C=O) groups is 2. The molecule has 94 valence electrons. The zero-order chi connectivity index (χ0) is 12.9. The summed E-state index contributed by atoms with van der Waals surface area (Å²) in [5.41, 5.74) is 0.596. The van der Waals surface area contributed by atoms with Crippen molar-refractivity contribution < 1.29 is 19.1 Å². The van der Waals surface area contributed by atoms with Crippen LogP contribution in [0.1, 0.15) is 26.7 Å². The molecule has 1 aliphatic carbocycles. The van der Waals surface area contributed by atoms with Crippen LogP contribution in [0.15, 0.2) is 24.3 Å². The Kier molecular flexibility index (Phi) is 4.49. The van der Waals surface area contributed by atoms with Crippen LogP contribution in [-0.2, 0) is 19.1 Å². The number of carbonyl (C=O) groups excluding carboxylic acids is 2. The number of esters is 2. The van der Waals surface area contributed by atoms with Gasteiger partial charge in [-0.2, -0.15) is 0 Å². The fourth-order valence-corrected chi connectivity index (χ4v) is 1.86. The van der Waals surface area contributed by atoms with Gasteiger partial charge in [0, 0.05) is 19.3 Å². The van der Waals surface area contributed by atoms with Crippen LogP contribution in [0.4, 0.5) is 0 Å². The van der Waals surface area contributed by atoms with E-state index in [-0.39, 0.29) is 30.6 Å². The predicted molar refractivity (Wildman–Crippen MR) is 63.2 cm³/mol. The van der Waals surface area contributed by atoms with E-state index < -0.39 is 0 Å². The van der Waals surface area contributed by atoms with E-state index >= 15 is 0 Å². The van der Waals surface area contributed by atoms with Gasteiger partial charge in [-0.15, -0.1) is 0 Å². The molecule has 0 fully saturated rings. The lowest BCUT2D eigenvalue weighted by molar-refractivity contribution is -0.151. The summed E-state index contributed by atoms with van der Waals surface area (Å²) < 4.78 is 10.1. The van der Waals surface area contributed by atoms with Crippen LogP contribution in [0.5, 0.6) is 0 Å². The van der Waals surface area contributed by atoms with Crippen molar-refractivity contribution in [1.82, 2.24) is 0 Å². The summed E-state index contributed by atoms with van der Waals surface area (Å²) in [6.07, 6.45) is 5.30. The summed E-state index contributed by atoms with van der Waals surface area (Å²) in [5.74, 6) is -0.653. The molecule has 4 heteroatoms. The second-order valence-corrected chi connectivity index (χ2v) is 4.50. The lowest BCUT2D eigenvalue weighted by atomic mass is 9.77. The molecule has 1 rings (SSSR count). The first-order chi connectivity index (χ1) is 7.93. The molecule has 17 heavy (non-hydrogen) atoms. The average molecular weight is 238 g/mol. The summed E-state index contributed by atoms with van der Waals surface area (Å²) in [6, 6.07) is 0. The number of allylic oxidation sites excluding steroid dienone is 3. The highest BCUT2D eigenvalue weighted by Crippen LogP contribution is 2.35. The highest BCUT2D eigenvalue weighted by atomic mass is 16.5. The Morgan fingerprint density at radius 1 is 1.29 bits per heavy atom. The molecular weight excluding hydrogens is 220 g/mol. The van der Waals surface area contributed by atoms with Crippen molar-refractivity contribution in [2.45, 2.75) is 26.7 Å². The molecule has 0 saturated carbocycles. The van der Waals surface area contributed by atoms with Crippen molar-refractivity contribution in [3.8, 4) is 0 Å². The summed E-state index contributed by atoms with van der Waals surface area (Å²) in [7, 11) is 0. The molecule has 0 amide bonds. The molecule has 0 radical (unpaired) electrons. The van der Waals surface area contributed by atoms with E-state index in [1.54, 1.807) is 0 Å². The average Bonchev–Trinajstić information content (AvgIpc) is 2.24. The molecule has 0 aliphatic heterocycles. The number of rotatable bonds is 4. The normalized spacial score (nSPS) is 17.6. The van der Waals surface area contributed by atoms with Crippen LogP contribution in [-0.4, -0.2) is 25.2 Å². The highest BCUT2D eigenvalue weighted by Gasteiger charge is 2.34. The smallest absolute Gasteiger partial charge is 0.302 e. The van der Waals surface area contributed by atoms with Gasteiger partial charge in [-0.25, -0.2) is 0 Å². The van der Waals surface area contributed by atoms with Crippen LogP contribution in [0.3, 0.4) is 0 Å². The van der Waals surface area contributed by atoms with Crippen molar-refractivity contribution in [2.24, 2.45) is 5.41 Å². The Balaban J connectivity index is 2.69. The summed E-state index contributed by atoms with van der Waals surface area (Å²) in [4.78, 5) is 21.8. The Bertz CT molecular complexity index is 336. The summed E-state index contributed by atoms with van der Waals surface area (Å²) in [5, 5.41) is 0. The van der Waals surface area contributed by atoms with Crippen LogP contribution < -0.4 is 0 Å². The fourth-order valence-electron chi connectivity index (χ4n) is 1.86. The second-order valence-electron chi connectivity index (χ2n) is 4.50. The minimum atomic E-state index is -0.358. The van der Waals surface area contributed by atoms with E-state index in [2.05, 4.69) is 6.58 Å². The molecular formula is C13H18O4. The third kappa shape index (κ3) is 4.43. The SMILES string of the molecule is C=C1C=CCC(COC(C)=O)(COC(C)=O)C1. The number of hydrogen-bond donors (Lipinski definition) is 0.